The number of hydrogen-bond donors (Lipinski definition) is 1. The van der Waals surface area contributed by atoms with Crippen molar-refractivity contribution in [1.82, 2.24) is 5.43 Å². The summed E-state index contributed by atoms with van der Waals surface area (Å²) in [7, 11) is -4.12. The molecular weight excluding hydrogens is 519 g/mol. The Balaban J connectivity index is 1.71. The molecule has 36 heavy (non-hydrogen) atoms. The number of carbonyl (C=O) groups is 1. The van der Waals surface area contributed by atoms with Gasteiger partial charge in [-0.1, -0.05) is 54.1 Å². The molecule has 0 aromatic heterocycles. The first-order valence-corrected chi connectivity index (χ1v) is 12.6. The molecule has 7 nitrogen and oxygen atoms in total. The lowest BCUT2D eigenvalue weighted by Crippen LogP contribution is -2.39. The summed E-state index contributed by atoms with van der Waals surface area (Å²) in [4.78, 5) is 12.4. The lowest BCUT2D eigenvalue weighted by molar-refractivity contribution is -0.137. The van der Waals surface area contributed by atoms with Crippen LogP contribution in [0.25, 0.3) is 0 Å². The fraction of sp³-hybridized carbons (Fsp3) is 0.167. The number of rotatable bonds is 9. The van der Waals surface area contributed by atoms with Crippen LogP contribution in [0.4, 0.5) is 18.9 Å². The third kappa shape index (κ3) is 7.46. The number of halogens is 4. The van der Waals surface area contributed by atoms with Gasteiger partial charge in [-0.15, -0.1) is 0 Å². The van der Waals surface area contributed by atoms with E-state index in [0.717, 1.165) is 24.0 Å². The van der Waals surface area contributed by atoms with Crippen molar-refractivity contribution in [2.45, 2.75) is 12.8 Å². The van der Waals surface area contributed by atoms with Gasteiger partial charge in [0.25, 0.3) is 5.91 Å². The summed E-state index contributed by atoms with van der Waals surface area (Å²) in [6.45, 7) is -0.496. The smallest absolute Gasteiger partial charge is 0.417 e. The van der Waals surface area contributed by atoms with Crippen molar-refractivity contribution < 1.29 is 31.1 Å². The molecule has 0 aliphatic carbocycles. The first kappa shape index (κ1) is 27.0. The molecule has 0 spiro atoms. The number of ether oxygens (including phenoxy) is 1. The Kier molecular flexibility index (Phi) is 8.59. The van der Waals surface area contributed by atoms with Crippen molar-refractivity contribution in [2.24, 2.45) is 5.10 Å². The van der Waals surface area contributed by atoms with Gasteiger partial charge in [-0.05, 0) is 35.9 Å². The molecule has 190 valence electrons. The van der Waals surface area contributed by atoms with Crippen LogP contribution in [0.2, 0.25) is 5.02 Å². The highest BCUT2D eigenvalue weighted by atomic mass is 35.5. The molecule has 0 saturated carbocycles. The molecule has 0 saturated heterocycles. The summed E-state index contributed by atoms with van der Waals surface area (Å²) in [6.07, 6.45) is -2.72. The van der Waals surface area contributed by atoms with Crippen LogP contribution < -0.4 is 14.5 Å². The van der Waals surface area contributed by atoms with Gasteiger partial charge in [-0.25, -0.2) is 13.8 Å². The highest BCUT2D eigenvalue weighted by molar-refractivity contribution is 7.92. The second-order valence-electron chi connectivity index (χ2n) is 7.54. The first-order valence-electron chi connectivity index (χ1n) is 10.4. The van der Waals surface area contributed by atoms with E-state index in [1.807, 2.05) is 30.3 Å². The van der Waals surface area contributed by atoms with Gasteiger partial charge in [0.15, 0.2) is 0 Å². The number of para-hydroxylation sites is 1. The zero-order valence-corrected chi connectivity index (χ0v) is 20.4. The van der Waals surface area contributed by atoms with Crippen molar-refractivity contribution in [3.8, 4) is 5.75 Å². The molecule has 0 bridgehead atoms. The highest BCUT2D eigenvalue weighted by Gasteiger charge is 2.34. The van der Waals surface area contributed by atoms with Crippen LogP contribution in [0.15, 0.2) is 77.9 Å². The van der Waals surface area contributed by atoms with E-state index in [1.165, 1.54) is 6.21 Å². The van der Waals surface area contributed by atoms with Crippen molar-refractivity contribution in [2.75, 3.05) is 17.1 Å². The van der Waals surface area contributed by atoms with Gasteiger partial charge in [0.05, 0.1) is 28.7 Å². The van der Waals surface area contributed by atoms with E-state index < -0.39 is 39.2 Å². The van der Waals surface area contributed by atoms with E-state index in [9.17, 15) is 26.4 Å². The molecule has 3 aromatic carbocycles. The largest absolute Gasteiger partial charge is 0.488 e. The van der Waals surface area contributed by atoms with Gasteiger partial charge in [-0.2, -0.15) is 18.3 Å². The fourth-order valence-corrected chi connectivity index (χ4v) is 4.15. The van der Waals surface area contributed by atoms with E-state index in [0.29, 0.717) is 28.3 Å². The third-order valence-corrected chi connectivity index (χ3v) is 6.25. The van der Waals surface area contributed by atoms with Gasteiger partial charge in [0, 0.05) is 5.56 Å². The predicted molar refractivity (Wildman–Crippen MR) is 132 cm³/mol. The van der Waals surface area contributed by atoms with Gasteiger partial charge in [0.1, 0.15) is 18.9 Å². The van der Waals surface area contributed by atoms with Crippen molar-refractivity contribution >= 4 is 39.4 Å². The van der Waals surface area contributed by atoms with Gasteiger partial charge >= 0.3 is 6.18 Å². The average Bonchev–Trinajstić information content (AvgIpc) is 2.82. The molecule has 3 aromatic rings. The van der Waals surface area contributed by atoms with E-state index >= 15 is 0 Å². The van der Waals surface area contributed by atoms with Crippen LogP contribution in [0.5, 0.6) is 5.75 Å². The van der Waals surface area contributed by atoms with Crippen LogP contribution in [-0.2, 0) is 27.6 Å². The van der Waals surface area contributed by atoms with E-state index in [2.05, 4.69) is 10.5 Å². The molecule has 0 radical (unpaired) electrons. The van der Waals surface area contributed by atoms with Crippen LogP contribution in [0, 0.1) is 0 Å². The van der Waals surface area contributed by atoms with Crippen LogP contribution >= 0.6 is 11.6 Å². The predicted octanol–water partition coefficient (Wildman–Crippen LogP) is 4.85. The molecule has 0 unspecified atom stereocenters. The Morgan fingerprint density at radius 3 is 2.42 bits per heavy atom. The minimum atomic E-state index is -4.81. The van der Waals surface area contributed by atoms with Gasteiger partial charge in [-0.3, -0.25) is 9.10 Å². The summed E-state index contributed by atoms with van der Waals surface area (Å²) in [5.41, 5.74) is 2.09. The second-order valence-corrected chi connectivity index (χ2v) is 9.85. The summed E-state index contributed by atoms with van der Waals surface area (Å²) in [5, 5.41) is 3.23. The molecule has 0 heterocycles. The van der Waals surface area contributed by atoms with Crippen LogP contribution in [-0.4, -0.2) is 33.3 Å². The molecule has 0 atom stereocenters. The molecule has 0 fully saturated rings. The maximum atomic E-state index is 13.2. The number of carbonyl (C=O) groups excluding carboxylic acids is 1. The molecule has 1 N–H and O–H groups in total. The lowest BCUT2D eigenvalue weighted by atomic mass is 10.2. The SMILES string of the molecule is CS(=O)(=O)N(CC(=O)N/N=C\c1ccccc1OCc1ccccc1)c1ccc(Cl)c(C(F)(F)F)c1. The van der Waals surface area contributed by atoms with E-state index in [-0.39, 0.29) is 5.69 Å². The Hall–Kier alpha value is -3.57. The summed E-state index contributed by atoms with van der Waals surface area (Å²) in [5.74, 6) is -0.374. The van der Waals surface area contributed by atoms with Crippen molar-refractivity contribution in [3.63, 3.8) is 0 Å². The minimum absolute atomic E-state index is 0.308. The summed E-state index contributed by atoms with van der Waals surface area (Å²) >= 11 is 5.61. The number of nitrogens with one attached hydrogen (secondary N) is 1. The quantitative estimate of drug-likeness (QED) is 0.311. The van der Waals surface area contributed by atoms with Crippen LogP contribution in [0.1, 0.15) is 16.7 Å². The summed E-state index contributed by atoms with van der Waals surface area (Å²) < 4.78 is 70.4. The monoisotopic (exact) mass is 539 g/mol. The van der Waals surface area contributed by atoms with Crippen LogP contribution in [0.3, 0.4) is 0 Å². The molecular formula is C24H21ClF3N3O4S. The third-order valence-electron chi connectivity index (χ3n) is 4.78. The fourth-order valence-electron chi connectivity index (χ4n) is 3.08. The lowest BCUT2D eigenvalue weighted by Gasteiger charge is -2.22. The Morgan fingerprint density at radius 1 is 1.08 bits per heavy atom. The maximum Gasteiger partial charge on any atom is 0.417 e. The Labute approximate surface area is 211 Å². The van der Waals surface area contributed by atoms with Gasteiger partial charge < -0.3 is 4.74 Å². The molecule has 1 amide bonds. The standard InChI is InChI=1S/C24H21ClF3N3O4S/c1-36(33,34)31(19-11-12-21(25)20(13-19)24(26,27)28)15-23(32)30-29-14-18-9-5-6-10-22(18)35-16-17-7-3-2-4-8-17/h2-14H,15-16H2,1H3,(H,30,32)/b29-14-. The Morgan fingerprint density at radius 2 is 1.75 bits per heavy atom. The summed E-state index contributed by atoms with van der Waals surface area (Å²) in [6, 6.07) is 19.0. The number of alkyl halides is 3. The Bertz CT molecular complexity index is 1350. The highest BCUT2D eigenvalue weighted by Crippen LogP contribution is 2.37. The second kappa shape index (κ2) is 11.4. The zero-order chi connectivity index (χ0) is 26.3. The number of benzene rings is 3. The van der Waals surface area contributed by atoms with E-state index in [1.54, 1.807) is 24.3 Å². The zero-order valence-electron chi connectivity index (χ0n) is 18.9. The van der Waals surface area contributed by atoms with Gasteiger partial charge in [0.2, 0.25) is 10.0 Å². The number of amides is 1. The number of hydrazone groups is 1. The molecule has 12 heteroatoms. The van der Waals surface area contributed by atoms with Crippen molar-refractivity contribution in [1.29, 1.82) is 0 Å². The molecule has 0 aliphatic heterocycles. The van der Waals surface area contributed by atoms with Crippen molar-refractivity contribution in [3.05, 3.63) is 94.5 Å². The molecule has 0 aliphatic rings. The topological polar surface area (TPSA) is 88.1 Å². The number of sulfonamides is 1. The number of anilines is 1. The minimum Gasteiger partial charge on any atom is -0.488 e. The van der Waals surface area contributed by atoms with E-state index in [4.69, 9.17) is 16.3 Å². The molecule has 3 rings (SSSR count). The maximum absolute atomic E-state index is 13.2. The normalized spacial score (nSPS) is 11.9. The number of hydrogen-bond acceptors (Lipinski definition) is 5. The first-order chi connectivity index (χ1) is 16.9. The number of nitrogens with zero attached hydrogens (tertiary/aromatic N) is 2. The average molecular weight is 540 g/mol.